The molecule has 0 atom stereocenters. The van der Waals surface area contributed by atoms with Crippen LogP contribution in [0.3, 0.4) is 0 Å². The number of H-pyrrole nitrogens is 1. The lowest BCUT2D eigenvalue weighted by atomic mass is 10.2. The maximum atomic E-state index is 13.9. The number of aromatic nitrogens is 5. The summed E-state index contributed by atoms with van der Waals surface area (Å²) >= 11 is 1.13. The molecule has 144 valence electrons. The SMILES string of the molecule is Cn1c(/C(C#N)=C(\O)CSc2n[nH]c(-c3ccccc3F)n2)nc2ccccc21. The van der Waals surface area contributed by atoms with Crippen LogP contribution in [0.5, 0.6) is 0 Å². The molecule has 0 saturated heterocycles. The molecular weight excluding hydrogens is 391 g/mol. The summed E-state index contributed by atoms with van der Waals surface area (Å²) in [6.45, 7) is 0. The van der Waals surface area contributed by atoms with E-state index in [1.165, 1.54) is 6.07 Å². The zero-order chi connectivity index (χ0) is 20.4. The fourth-order valence-corrected chi connectivity index (χ4v) is 3.58. The molecule has 0 radical (unpaired) electrons. The fraction of sp³-hybridized carbons (Fsp3) is 0.100. The van der Waals surface area contributed by atoms with Gasteiger partial charge in [-0.05, 0) is 24.3 Å². The van der Waals surface area contributed by atoms with Crippen molar-refractivity contribution in [1.82, 2.24) is 24.7 Å². The summed E-state index contributed by atoms with van der Waals surface area (Å²) in [6.07, 6.45) is 0. The maximum Gasteiger partial charge on any atom is 0.209 e. The average molecular weight is 406 g/mol. The van der Waals surface area contributed by atoms with Crippen LogP contribution < -0.4 is 0 Å². The Labute approximate surface area is 169 Å². The summed E-state index contributed by atoms with van der Waals surface area (Å²) in [5.74, 6) is 0.212. The number of nitrogens with one attached hydrogen (secondary N) is 1. The van der Waals surface area contributed by atoms with Crippen LogP contribution in [0.2, 0.25) is 0 Å². The number of aromatic amines is 1. The van der Waals surface area contributed by atoms with Gasteiger partial charge < -0.3 is 9.67 Å². The molecule has 2 heterocycles. The van der Waals surface area contributed by atoms with Crippen LogP contribution in [0, 0.1) is 17.1 Å². The highest BCUT2D eigenvalue weighted by Crippen LogP contribution is 2.26. The minimum absolute atomic E-state index is 0.0701. The minimum atomic E-state index is -0.406. The van der Waals surface area contributed by atoms with E-state index in [-0.39, 0.29) is 17.1 Å². The van der Waals surface area contributed by atoms with Crippen molar-refractivity contribution < 1.29 is 9.50 Å². The lowest BCUT2D eigenvalue weighted by Crippen LogP contribution is -2.01. The molecule has 0 aliphatic heterocycles. The highest BCUT2D eigenvalue weighted by atomic mass is 32.2. The van der Waals surface area contributed by atoms with E-state index in [1.54, 1.807) is 29.8 Å². The molecule has 2 aromatic heterocycles. The highest BCUT2D eigenvalue weighted by molar-refractivity contribution is 7.99. The summed E-state index contributed by atoms with van der Waals surface area (Å²) in [6, 6.07) is 15.8. The highest BCUT2D eigenvalue weighted by Gasteiger charge is 2.17. The van der Waals surface area contributed by atoms with Crippen molar-refractivity contribution in [2.75, 3.05) is 5.75 Å². The molecule has 4 aromatic rings. The van der Waals surface area contributed by atoms with Crippen molar-refractivity contribution in [2.24, 2.45) is 7.05 Å². The molecule has 0 spiro atoms. The van der Waals surface area contributed by atoms with E-state index in [2.05, 4.69) is 20.2 Å². The lowest BCUT2D eigenvalue weighted by Gasteiger charge is -2.04. The Bertz CT molecular complexity index is 1270. The summed E-state index contributed by atoms with van der Waals surface area (Å²) in [7, 11) is 1.79. The molecule has 0 bridgehead atoms. The van der Waals surface area contributed by atoms with E-state index >= 15 is 0 Å². The molecule has 0 aliphatic carbocycles. The quantitative estimate of drug-likeness (QED) is 0.294. The summed E-state index contributed by atoms with van der Waals surface area (Å²) in [5, 5.41) is 27.1. The summed E-state index contributed by atoms with van der Waals surface area (Å²) in [5.41, 5.74) is 1.99. The van der Waals surface area contributed by atoms with Gasteiger partial charge in [-0.1, -0.05) is 36.0 Å². The van der Waals surface area contributed by atoms with E-state index in [1.807, 2.05) is 30.3 Å². The molecule has 0 fully saturated rings. The monoisotopic (exact) mass is 406 g/mol. The zero-order valence-corrected chi connectivity index (χ0v) is 16.1. The first-order valence-corrected chi connectivity index (χ1v) is 9.61. The van der Waals surface area contributed by atoms with Gasteiger partial charge in [0.15, 0.2) is 11.6 Å². The number of nitriles is 1. The molecule has 0 saturated carbocycles. The molecule has 7 nitrogen and oxygen atoms in total. The van der Waals surface area contributed by atoms with Gasteiger partial charge in [0.25, 0.3) is 0 Å². The van der Waals surface area contributed by atoms with Gasteiger partial charge in [-0.2, -0.15) is 5.26 Å². The number of benzene rings is 2. The van der Waals surface area contributed by atoms with Crippen LogP contribution in [0.4, 0.5) is 4.39 Å². The maximum absolute atomic E-state index is 13.9. The molecule has 0 amide bonds. The van der Waals surface area contributed by atoms with Gasteiger partial charge >= 0.3 is 0 Å². The number of allylic oxidation sites excluding steroid dienone is 1. The van der Waals surface area contributed by atoms with E-state index in [9.17, 15) is 14.8 Å². The third-order valence-corrected chi connectivity index (χ3v) is 5.20. The smallest absolute Gasteiger partial charge is 0.209 e. The number of fused-ring (bicyclic) bond motifs is 1. The van der Waals surface area contributed by atoms with Gasteiger partial charge in [0.1, 0.15) is 23.2 Å². The average Bonchev–Trinajstić information content (AvgIpc) is 3.33. The molecule has 0 aliphatic rings. The Kier molecular flexibility index (Phi) is 5.01. The van der Waals surface area contributed by atoms with Crippen molar-refractivity contribution >= 4 is 28.4 Å². The molecular formula is C20H15FN6OS. The fourth-order valence-electron chi connectivity index (χ4n) is 2.90. The second-order valence-corrected chi connectivity index (χ2v) is 7.09. The van der Waals surface area contributed by atoms with Crippen LogP contribution in [-0.2, 0) is 7.05 Å². The Balaban J connectivity index is 1.57. The lowest BCUT2D eigenvalue weighted by molar-refractivity contribution is 0.420. The third-order valence-electron chi connectivity index (χ3n) is 4.34. The number of imidazole rings is 1. The first-order chi connectivity index (χ1) is 14.1. The van der Waals surface area contributed by atoms with Crippen LogP contribution >= 0.6 is 11.8 Å². The summed E-state index contributed by atoms with van der Waals surface area (Å²) < 4.78 is 15.6. The van der Waals surface area contributed by atoms with Gasteiger partial charge in [-0.25, -0.2) is 14.4 Å². The second kappa shape index (κ2) is 7.77. The number of hydrogen-bond donors (Lipinski definition) is 2. The Morgan fingerprint density at radius 1 is 1.21 bits per heavy atom. The van der Waals surface area contributed by atoms with Gasteiger partial charge in [0.2, 0.25) is 5.16 Å². The predicted molar refractivity (Wildman–Crippen MR) is 108 cm³/mol. The van der Waals surface area contributed by atoms with Gasteiger partial charge in [0.05, 0.1) is 22.3 Å². The number of aliphatic hydroxyl groups is 1. The second-order valence-electron chi connectivity index (χ2n) is 6.15. The van der Waals surface area contributed by atoms with E-state index < -0.39 is 5.82 Å². The van der Waals surface area contributed by atoms with Gasteiger partial charge in [-0.3, -0.25) is 5.10 Å². The topological polar surface area (TPSA) is 103 Å². The number of nitrogens with zero attached hydrogens (tertiary/aromatic N) is 5. The first kappa shape index (κ1) is 18.7. The van der Waals surface area contributed by atoms with Crippen molar-refractivity contribution in [3.05, 3.63) is 65.9 Å². The van der Waals surface area contributed by atoms with Crippen LogP contribution in [0.25, 0.3) is 28.0 Å². The van der Waals surface area contributed by atoms with Gasteiger partial charge in [-0.15, -0.1) is 5.10 Å². The Morgan fingerprint density at radius 2 is 1.97 bits per heavy atom. The van der Waals surface area contributed by atoms with Crippen LogP contribution in [0.1, 0.15) is 5.82 Å². The van der Waals surface area contributed by atoms with E-state index in [4.69, 9.17) is 0 Å². The first-order valence-electron chi connectivity index (χ1n) is 8.62. The number of aliphatic hydroxyl groups excluding tert-OH is 1. The van der Waals surface area contributed by atoms with Crippen molar-refractivity contribution in [2.45, 2.75) is 5.16 Å². The zero-order valence-electron chi connectivity index (χ0n) is 15.3. The Morgan fingerprint density at radius 3 is 2.72 bits per heavy atom. The molecule has 29 heavy (non-hydrogen) atoms. The summed E-state index contributed by atoms with van der Waals surface area (Å²) in [4.78, 5) is 8.69. The number of thioether (sulfide) groups is 1. The predicted octanol–water partition coefficient (Wildman–Crippen LogP) is 4.08. The largest absolute Gasteiger partial charge is 0.510 e. The standard InChI is InChI=1S/C20H15FN6OS/c1-27-16-9-5-4-8-15(16)23-19(27)13(10-22)17(28)11-29-20-24-18(25-26-20)12-6-2-3-7-14(12)21/h2-9,28H,11H2,1H3,(H,24,25,26)/b17-13-. The molecule has 2 N–H and O–H groups in total. The molecule has 2 aromatic carbocycles. The molecule has 0 unspecified atom stereocenters. The van der Waals surface area contributed by atoms with Crippen molar-refractivity contribution in [1.29, 1.82) is 5.26 Å². The van der Waals surface area contributed by atoms with Gasteiger partial charge in [0, 0.05) is 7.05 Å². The van der Waals surface area contributed by atoms with Crippen molar-refractivity contribution in [3.63, 3.8) is 0 Å². The van der Waals surface area contributed by atoms with Crippen molar-refractivity contribution in [3.8, 4) is 17.5 Å². The minimum Gasteiger partial charge on any atom is -0.510 e. The van der Waals surface area contributed by atoms with E-state index in [0.717, 1.165) is 22.8 Å². The number of para-hydroxylation sites is 2. The molecule has 9 heteroatoms. The van der Waals surface area contributed by atoms with Crippen LogP contribution in [-0.4, -0.2) is 35.6 Å². The Hall–Kier alpha value is -3.64. The normalized spacial score (nSPS) is 12.0. The number of rotatable bonds is 5. The number of aryl methyl sites for hydroxylation is 1. The number of hydrogen-bond acceptors (Lipinski definition) is 6. The van der Waals surface area contributed by atoms with E-state index in [0.29, 0.717) is 22.4 Å². The number of halogens is 1. The molecule has 4 rings (SSSR count). The third kappa shape index (κ3) is 3.58. The van der Waals surface area contributed by atoms with Crippen LogP contribution in [0.15, 0.2) is 59.4 Å².